The molecule has 1 N–H and O–H groups in total. The van der Waals surface area contributed by atoms with E-state index in [-0.39, 0.29) is 0 Å². The molecule has 1 amide bonds. The first-order chi connectivity index (χ1) is 17.1. The van der Waals surface area contributed by atoms with Gasteiger partial charge in [0.25, 0.3) is 5.91 Å². The molecule has 0 aliphatic heterocycles. The van der Waals surface area contributed by atoms with E-state index < -0.39 is 23.9 Å². The zero-order valence-electron chi connectivity index (χ0n) is 19.1. The van der Waals surface area contributed by atoms with Crippen LogP contribution in [0.15, 0.2) is 109 Å². The van der Waals surface area contributed by atoms with Crippen molar-refractivity contribution < 1.29 is 19.1 Å². The van der Waals surface area contributed by atoms with Crippen molar-refractivity contribution >= 4 is 29.2 Å². The number of rotatable bonds is 8. The van der Waals surface area contributed by atoms with Crippen LogP contribution in [-0.4, -0.2) is 19.0 Å². The molecule has 0 aliphatic carbocycles. The van der Waals surface area contributed by atoms with Gasteiger partial charge >= 0.3 is 5.97 Å². The maximum Gasteiger partial charge on any atom is 0.319 e. The van der Waals surface area contributed by atoms with Gasteiger partial charge in [-0.25, -0.2) is 0 Å². The molecule has 176 valence electrons. The summed E-state index contributed by atoms with van der Waals surface area (Å²) in [4.78, 5) is 26.9. The number of carbonyl (C=O) groups is 2. The molecule has 6 heteroatoms. The maximum absolute atomic E-state index is 13.6. The first-order valence-electron chi connectivity index (χ1n) is 11.1. The number of methoxy groups -OCH3 is 1. The van der Waals surface area contributed by atoms with Crippen LogP contribution >= 0.6 is 11.6 Å². The Labute approximate surface area is 209 Å². The van der Waals surface area contributed by atoms with Crippen molar-refractivity contribution in [3.05, 3.63) is 131 Å². The van der Waals surface area contributed by atoms with E-state index in [4.69, 9.17) is 21.1 Å². The fourth-order valence-electron chi connectivity index (χ4n) is 3.79. The molecule has 0 aromatic heterocycles. The molecule has 4 rings (SSSR count). The Balaban J connectivity index is 1.64. The van der Waals surface area contributed by atoms with E-state index in [2.05, 4.69) is 5.32 Å². The van der Waals surface area contributed by atoms with Crippen molar-refractivity contribution in [3.8, 4) is 5.75 Å². The van der Waals surface area contributed by atoms with Crippen molar-refractivity contribution in [2.24, 2.45) is 0 Å². The SMILES string of the molecule is COc1ccc(NC(=O)C(OC(=O)C(c2ccccc2)c2ccccc2)c2ccccc2)cc1Cl. The van der Waals surface area contributed by atoms with E-state index in [1.807, 2.05) is 66.7 Å². The minimum Gasteiger partial charge on any atom is -0.495 e. The Bertz CT molecular complexity index is 1240. The van der Waals surface area contributed by atoms with Crippen LogP contribution in [0.2, 0.25) is 5.02 Å². The van der Waals surface area contributed by atoms with E-state index >= 15 is 0 Å². The number of nitrogens with one attached hydrogen (secondary N) is 1. The Morgan fingerprint density at radius 3 is 1.74 bits per heavy atom. The Morgan fingerprint density at radius 1 is 0.743 bits per heavy atom. The van der Waals surface area contributed by atoms with Crippen LogP contribution in [0.4, 0.5) is 5.69 Å². The maximum atomic E-state index is 13.6. The number of benzene rings is 4. The van der Waals surface area contributed by atoms with Gasteiger partial charge in [0.2, 0.25) is 6.10 Å². The lowest BCUT2D eigenvalue weighted by molar-refractivity contribution is -0.155. The lowest BCUT2D eigenvalue weighted by Gasteiger charge is -2.22. The van der Waals surface area contributed by atoms with E-state index in [0.717, 1.165) is 11.1 Å². The highest BCUT2D eigenvalue weighted by atomic mass is 35.5. The van der Waals surface area contributed by atoms with E-state index in [0.29, 0.717) is 22.0 Å². The summed E-state index contributed by atoms with van der Waals surface area (Å²) < 4.78 is 11.1. The van der Waals surface area contributed by atoms with Gasteiger partial charge < -0.3 is 14.8 Å². The highest BCUT2D eigenvalue weighted by Crippen LogP contribution is 2.31. The van der Waals surface area contributed by atoms with Crippen LogP contribution in [0.5, 0.6) is 5.75 Å². The lowest BCUT2D eigenvalue weighted by Crippen LogP contribution is -2.28. The summed E-state index contributed by atoms with van der Waals surface area (Å²) in [7, 11) is 1.51. The van der Waals surface area contributed by atoms with Gasteiger partial charge in [0.15, 0.2) is 0 Å². The van der Waals surface area contributed by atoms with Crippen molar-refractivity contribution in [1.29, 1.82) is 0 Å². The zero-order chi connectivity index (χ0) is 24.6. The monoisotopic (exact) mass is 485 g/mol. The standard InChI is InChI=1S/C29H24ClNO4/c1-34-25-18-17-23(19-24(25)30)31-28(32)27(22-15-9-4-10-16-22)35-29(33)26(20-11-5-2-6-12-20)21-13-7-3-8-14-21/h2-19,26-27H,1H3,(H,31,32). The second-order valence-corrected chi connectivity index (χ2v) is 8.23. The number of halogens is 1. The molecular weight excluding hydrogens is 462 g/mol. The molecule has 4 aromatic rings. The fraction of sp³-hybridized carbons (Fsp3) is 0.103. The highest BCUT2D eigenvalue weighted by Gasteiger charge is 2.31. The van der Waals surface area contributed by atoms with E-state index in [1.165, 1.54) is 7.11 Å². The molecule has 0 saturated heterocycles. The van der Waals surface area contributed by atoms with Gasteiger partial charge in [0.05, 0.1) is 12.1 Å². The average molecular weight is 486 g/mol. The molecule has 1 atom stereocenters. The molecule has 4 aromatic carbocycles. The van der Waals surface area contributed by atoms with E-state index in [9.17, 15) is 9.59 Å². The van der Waals surface area contributed by atoms with E-state index in [1.54, 1.807) is 42.5 Å². The summed E-state index contributed by atoms with van der Waals surface area (Å²) >= 11 is 6.21. The number of esters is 1. The smallest absolute Gasteiger partial charge is 0.319 e. The predicted molar refractivity (Wildman–Crippen MR) is 137 cm³/mol. The van der Waals surface area contributed by atoms with Gasteiger partial charge in [0, 0.05) is 11.3 Å². The van der Waals surface area contributed by atoms with Crippen molar-refractivity contribution in [2.75, 3.05) is 12.4 Å². The van der Waals surface area contributed by atoms with Gasteiger partial charge in [-0.3, -0.25) is 9.59 Å². The lowest BCUT2D eigenvalue weighted by atomic mass is 9.91. The summed E-state index contributed by atoms with van der Waals surface area (Å²) in [5.41, 5.74) is 2.56. The van der Waals surface area contributed by atoms with Gasteiger partial charge in [-0.05, 0) is 29.3 Å². The van der Waals surface area contributed by atoms with Crippen LogP contribution in [0.1, 0.15) is 28.7 Å². The Kier molecular flexibility index (Phi) is 7.81. The molecule has 0 bridgehead atoms. The third-order valence-electron chi connectivity index (χ3n) is 5.50. The van der Waals surface area contributed by atoms with Crippen molar-refractivity contribution in [1.82, 2.24) is 0 Å². The minimum absolute atomic E-state index is 0.353. The second-order valence-electron chi connectivity index (χ2n) is 7.82. The molecule has 35 heavy (non-hydrogen) atoms. The topological polar surface area (TPSA) is 64.6 Å². The normalized spacial score (nSPS) is 11.5. The van der Waals surface area contributed by atoms with Gasteiger partial charge in [0.1, 0.15) is 11.7 Å². The number of hydrogen-bond donors (Lipinski definition) is 1. The van der Waals surface area contributed by atoms with Crippen LogP contribution in [0.25, 0.3) is 0 Å². The molecule has 1 unspecified atom stereocenters. The molecule has 0 heterocycles. The van der Waals surface area contributed by atoms with Crippen LogP contribution in [-0.2, 0) is 14.3 Å². The summed E-state index contributed by atoms with van der Waals surface area (Å²) in [5.74, 6) is -1.22. The number of anilines is 1. The molecule has 0 spiro atoms. The van der Waals surface area contributed by atoms with Crippen LogP contribution < -0.4 is 10.1 Å². The number of hydrogen-bond acceptors (Lipinski definition) is 4. The zero-order valence-corrected chi connectivity index (χ0v) is 19.8. The minimum atomic E-state index is -1.17. The van der Waals surface area contributed by atoms with Crippen LogP contribution in [0, 0.1) is 0 Å². The molecule has 0 saturated carbocycles. The molecule has 0 radical (unpaired) electrons. The van der Waals surface area contributed by atoms with Crippen molar-refractivity contribution in [3.63, 3.8) is 0 Å². The number of ether oxygens (including phenoxy) is 2. The quantitative estimate of drug-likeness (QED) is 0.293. The summed E-state index contributed by atoms with van der Waals surface area (Å²) in [5, 5.41) is 3.15. The predicted octanol–water partition coefficient (Wildman–Crippen LogP) is 6.40. The third kappa shape index (κ3) is 5.89. The third-order valence-corrected chi connectivity index (χ3v) is 5.79. The van der Waals surface area contributed by atoms with Crippen molar-refractivity contribution in [2.45, 2.75) is 12.0 Å². The Morgan fingerprint density at radius 2 is 1.26 bits per heavy atom. The largest absolute Gasteiger partial charge is 0.495 e. The second kappa shape index (κ2) is 11.4. The molecule has 5 nitrogen and oxygen atoms in total. The first kappa shape index (κ1) is 24.0. The van der Waals surface area contributed by atoms with Gasteiger partial charge in [-0.15, -0.1) is 0 Å². The number of amides is 1. The average Bonchev–Trinajstić information content (AvgIpc) is 2.89. The summed E-state index contributed by atoms with van der Waals surface area (Å²) in [6, 6.07) is 32.5. The highest BCUT2D eigenvalue weighted by molar-refractivity contribution is 6.32. The molecular formula is C29H24ClNO4. The Hall–Kier alpha value is -4.09. The fourth-order valence-corrected chi connectivity index (χ4v) is 4.05. The number of carbonyl (C=O) groups excluding carboxylic acids is 2. The summed E-state index contributed by atoms with van der Waals surface area (Å²) in [6.45, 7) is 0. The molecule has 0 aliphatic rings. The molecule has 0 fully saturated rings. The van der Waals surface area contributed by atoms with Gasteiger partial charge in [-0.2, -0.15) is 0 Å². The summed E-state index contributed by atoms with van der Waals surface area (Å²) in [6.07, 6.45) is -1.17. The van der Waals surface area contributed by atoms with Crippen LogP contribution in [0.3, 0.4) is 0 Å². The van der Waals surface area contributed by atoms with Gasteiger partial charge in [-0.1, -0.05) is 103 Å². The first-order valence-corrected chi connectivity index (χ1v) is 11.4.